The third-order valence-electron chi connectivity index (χ3n) is 5.24. The molecule has 2 unspecified atom stereocenters. The number of hydrogen-bond acceptors (Lipinski definition) is 3. The topological polar surface area (TPSA) is 46.1 Å². The molecule has 2 atom stereocenters. The quantitative estimate of drug-likeness (QED) is 0.842. The van der Waals surface area contributed by atoms with E-state index in [1.54, 1.807) is 6.07 Å². The third-order valence-corrected chi connectivity index (χ3v) is 5.48. The lowest BCUT2D eigenvalue weighted by atomic mass is 9.99. The lowest BCUT2D eigenvalue weighted by Crippen LogP contribution is -2.43. The van der Waals surface area contributed by atoms with Crippen LogP contribution in [0.3, 0.4) is 0 Å². The summed E-state index contributed by atoms with van der Waals surface area (Å²) in [5, 5.41) is 7.89. The van der Waals surface area contributed by atoms with Gasteiger partial charge in [0.25, 0.3) is 5.56 Å². The van der Waals surface area contributed by atoms with Crippen LogP contribution < -0.4 is 16.2 Å². The van der Waals surface area contributed by atoms with Gasteiger partial charge in [-0.05, 0) is 43.9 Å². The van der Waals surface area contributed by atoms with E-state index in [1.165, 1.54) is 18.2 Å². The highest BCUT2D eigenvalue weighted by atomic mass is 35.5. The number of nitrogens with zero attached hydrogens (tertiary/aromatic N) is 1. The second-order valence-electron chi connectivity index (χ2n) is 7.21. The number of alkyl halides is 3. The fraction of sp³-hybridized carbons (Fsp3) is 0.500. The number of anilines is 1. The largest absolute Gasteiger partial charge is 0.406 e. The zero-order valence-electron chi connectivity index (χ0n) is 13.9. The highest BCUT2D eigenvalue weighted by Gasteiger charge is 2.34. The molecule has 0 saturated carbocycles. The van der Waals surface area contributed by atoms with Gasteiger partial charge in [-0.1, -0.05) is 11.6 Å². The second kappa shape index (κ2) is 6.46. The van der Waals surface area contributed by atoms with Crippen LogP contribution in [0.1, 0.15) is 25.7 Å². The molecule has 2 aliphatic heterocycles. The molecule has 3 heterocycles. The Kier molecular flexibility index (Phi) is 4.39. The lowest BCUT2D eigenvalue weighted by molar-refractivity contribution is -0.140. The molecule has 1 aromatic carbocycles. The molecule has 2 bridgehead atoms. The van der Waals surface area contributed by atoms with Crippen molar-refractivity contribution in [1.29, 1.82) is 0 Å². The first kappa shape index (κ1) is 17.7. The van der Waals surface area contributed by atoms with Crippen molar-refractivity contribution in [2.45, 2.75) is 56.5 Å². The fourth-order valence-electron chi connectivity index (χ4n) is 4.21. The lowest BCUT2D eigenvalue weighted by Gasteiger charge is -2.31. The van der Waals surface area contributed by atoms with Crippen molar-refractivity contribution in [2.24, 2.45) is 0 Å². The molecular weight excluding hydrogens is 367 g/mol. The molecule has 0 aliphatic carbocycles. The van der Waals surface area contributed by atoms with Crippen LogP contribution in [-0.4, -0.2) is 28.9 Å². The number of piperidine rings is 1. The van der Waals surface area contributed by atoms with E-state index < -0.39 is 18.3 Å². The summed E-state index contributed by atoms with van der Waals surface area (Å²) in [7, 11) is 0. The highest BCUT2D eigenvalue weighted by Crippen LogP contribution is 2.32. The van der Waals surface area contributed by atoms with Crippen molar-refractivity contribution in [3.63, 3.8) is 0 Å². The maximum absolute atomic E-state index is 12.9. The Balaban J connectivity index is 1.74. The van der Waals surface area contributed by atoms with Gasteiger partial charge in [0.05, 0.1) is 5.52 Å². The zero-order chi connectivity index (χ0) is 18.5. The molecular formula is C18H19ClF3N3O. The molecule has 2 fully saturated rings. The van der Waals surface area contributed by atoms with Gasteiger partial charge < -0.3 is 10.6 Å². The minimum atomic E-state index is -4.47. The second-order valence-corrected chi connectivity index (χ2v) is 7.65. The third kappa shape index (κ3) is 3.55. The molecule has 2 aliphatic rings. The maximum Gasteiger partial charge on any atom is 0.406 e. The molecule has 2 saturated heterocycles. The van der Waals surface area contributed by atoms with E-state index in [1.807, 2.05) is 0 Å². The van der Waals surface area contributed by atoms with E-state index in [-0.39, 0.29) is 11.6 Å². The van der Waals surface area contributed by atoms with Gasteiger partial charge in [0.1, 0.15) is 6.54 Å². The van der Waals surface area contributed by atoms with Crippen LogP contribution in [0.25, 0.3) is 10.9 Å². The van der Waals surface area contributed by atoms with Gasteiger partial charge in [-0.3, -0.25) is 9.36 Å². The summed E-state index contributed by atoms with van der Waals surface area (Å²) in [6.07, 6.45) is -0.320. The average molecular weight is 386 g/mol. The number of aromatic nitrogens is 1. The van der Waals surface area contributed by atoms with Gasteiger partial charge in [0, 0.05) is 40.3 Å². The Morgan fingerprint density at radius 1 is 1.19 bits per heavy atom. The van der Waals surface area contributed by atoms with Crippen molar-refractivity contribution < 1.29 is 13.2 Å². The molecule has 140 valence electrons. The van der Waals surface area contributed by atoms with Crippen LogP contribution in [-0.2, 0) is 6.54 Å². The van der Waals surface area contributed by atoms with Gasteiger partial charge >= 0.3 is 6.18 Å². The molecule has 0 spiro atoms. The first-order valence-corrected chi connectivity index (χ1v) is 9.09. The summed E-state index contributed by atoms with van der Waals surface area (Å²) in [5.41, 5.74) is 0.118. The predicted molar refractivity (Wildman–Crippen MR) is 95.9 cm³/mol. The van der Waals surface area contributed by atoms with Crippen LogP contribution in [0.2, 0.25) is 5.02 Å². The van der Waals surface area contributed by atoms with Gasteiger partial charge in [-0.25, -0.2) is 0 Å². The van der Waals surface area contributed by atoms with Crippen molar-refractivity contribution in [1.82, 2.24) is 9.88 Å². The van der Waals surface area contributed by atoms with Crippen LogP contribution >= 0.6 is 11.6 Å². The van der Waals surface area contributed by atoms with Crippen molar-refractivity contribution >= 4 is 28.2 Å². The fourth-order valence-corrected chi connectivity index (χ4v) is 4.39. The van der Waals surface area contributed by atoms with Gasteiger partial charge in [-0.15, -0.1) is 0 Å². The van der Waals surface area contributed by atoms with E-state index in [0.717, 1.165) is 30.3 Å². The average Bonchev–Trinajstić information content (AvgIpc) is 2.89. The summed E-state index contributed by atoms with van der Waals surface area (Å²) in [6, 6.07) is 6.97. The van der Waals surface area contributed by atoms with Crippen LogP contribution in [0.4, 0.5) is 18.9 Å². The van der Waals surface area contributed by atoms with Crippen molar-refractivity contribution in [3.05, 3.63) is 39.6 Å². The summed E-state index contributed by atoms with van der Waals surface area (Å²) in [4.78, 5) is 12.4. The van der Waals surface area contributed by atoms with Gasteiger partial charge in [0.2, 0.25) is 0 Å². The molecule has 2 aromatic rings. The number of hydrogen-bond donors (Lipinski definition) is 2. The first-order chi connectivity index (χ1) is 12.3. The smallest absolute Gasteiger partial charge is 0.381 e. The van der Waals surface area contributed by atoms with Gasteiger partial charge in [0.15, 0.2) is 0 Å². The monoisotopic (exact) mass is 385 g/mol. The van der Waals surface area contributed by atoms with Crippen LogP contribution in [0, 0.1) is 0 Å². The number of pyridine rings is 1. The SMILES string of the molecule is O=c1cc(NC2CC3CCC(C2)N3)c2cc(Cl)ccc2n1CC(F)(F)F. The molecule has 4 rings (SSSR count). The molecule has 0 radical (unpaired) electrons. The Morgan fingerprint density at radius 2 is 1.88 bits per heavy atom. The summed E-state index contributed by atoms with van der Waals surface area (Å²) >= 11 is 6.07. The molecule has 2 N–H and O–H groups in total. The Hall–Kier alpha value is -1.73. The molecule has 8 heteroatoms. The van der Waals surface area contributed by atoms with Crippen LogP contribution in [0.15, 0.2) is 29.1 Å². The summed E-state index contributed by atoms with van der Waals surface area (Å²) in [6.45, 7) is -1.32. The van der Waals surface area contributed by atoms with E-state index >= 15 is 0 Å². The van der Waals surface area contributed by atoms with E-state index in [4.69, 9.17) is 11.6 Å². The van der Waals surface area contributed by atoms with Crippen LogP contribution in [0.5, 0.6) is 0 Å². The number of nitrogens with one attached hydrogen (secondary N) is 2. The minimum Gasteiger partial charge on any atom is -0.381 e. The summed E-state index contributed by atoms with van der Waals surface area (Å²) in [5.74, 6) is 0. The number of halogens is 4. The molecule has 0 amide bonds. The number of benzene rings is 1. The van der Waals surface area contributed by atoms with Gasteiger partial charge in [-0.2, -0.15) is 13.2 Å². The zero-order valence-corrected chi connectivity index (χ0v) is 14.7. The Labute approximate surface area is 153 Å². The normalized spacial score (nSPS) is 25.6. The Morgan fingerprint density at radius 3 is 2.54 bits per heavy atom. The van der Waals surface area contributed by atoms with E-state index in [0.29, 0.717) is 28.2 Å². The molecule has 26 heavy (non-hydrogen) atoms. The van der Waals surface area contributed by atoms with Crippen molar-refractivity contribution in [3.8, 4) is 0 Å². The standard InChI is InChI=1S/C18H19ClF3N3O/c19-10-1-4-16-14(5-10)15(8-17(26)25(16)9-18(20,21)22)24-13-6-11-2-3-12(7-13)23-11/h1,4-5,8,11-13,23-24H,2-3,6-7,9H2. The maximum atomic E-state index is 12.9. The van der Waals surface area contributed by atoms with E-state index in [9.17, 15) is 18.0 Å². The molecule has 1 aromatic heterocycles. The molecule has 4 nitrogen and oxygen atoms in total. The summed E-state index contributed by atoms with van der Waals surface area (Å²) < 4.78 is 39.4. The predicted octanol–water partition coefficient (Wildman–Crippen LogP) is 3.91. The van der Waals surface area contributed by atoms with Crippen molar-refractivity contribution in [2.75, 3.05) is 5.32 Å². The first-order valence-electron chi connectivity index (χ1n) is 8.71. The Bertz CT molecular complexity index is 884. The minimum absolute atomic E-state index is 0.189. The number of fused-ring (bicyclic) bond motifs is 3. The van der Waals surface area contributed by atoms with E-state index in [2.05, 4.69) is 10.6 Å². The number of rotatable bonds is 3. The highest BCUT2D eigenvalue weighted by molar-refractivity contribution is 6.31.